The number of aromatic nitrogens is 1. The van der Waals surface area contributed by atoms with E-state index >= 15 is 0 Å². The van der Waals surface area contributed by atoms with E-state index in [2.05, 4.69) is 25.6 Å². The minimum absolute atomic E-state index is 0.112. The number of pyridine rings is 1. The molecule has 0 saturated heterocycles. The van der Waals surface area contributed by atoms with Crippen LogP contribution in [0.25, 0.3) is 0 Å². The molecule has 0 amide bonds. The van der Waals surface area contributed by atoms with Crippen LogP contribution in [0.15, 0.2) is 39.1 Å². The lowest BCUT2D eigenvalue weighted by Crippen LogP contribution is -2.22. The second-order valence-electron chi connectivity index (χ2n) is 3.66. The monoisotopic (exact) mass is 377 g/mol. The molecule has 0 atom stereocenters. The standard InChI is InChI=1S/C10H8BrN3O4S2/c11-7-3-8(19-6-7)4-13-20(17,18)9-1-2-10(12-5-9)14(15)16/h1-3,5-6,13H,4H2. The third-order valence-electron chi connectivity index (χ3n) is 2.28. The van der Waals surface area contributed by atoms with Crippen molar-refractivity contribution >= 4 is 43.1 Å². The molecule has 0 aromatic carbocycles. The molecule has 0 aliphatic rings. The summed E-state index contributed by atoms with van der Waals surface area (Å²) in [6.45, 7) is 0.148. The van der Waals surface area contributed by atoms with Crippen molar-refractivity contribution < 1.29 is 13.3 Å². The number of nitrogens with one attached hydrogen (secondary N) is 1. The van der Waals surface area contributed by atoms with Gasteiger partial charge in [-0.1, -0.05) is 0 Å². The lowest BCUT2D eigenvalue weighted by atomic mass is 10.5. The molecule has 0 aliphatic heterocycles. The van der Waals surface area contributed by atoms with Crippen LogP contribution >= 0.6 is 27.3 Å². The fourth-order valence-corrected chi connectivity index (χ4v) is 3.77. The highest BCUT2D eigenvalue weighted by Gasteiger charge is 2.18. The predicted molar refractivity (Wildman–Crippen MR) is 76.9 cm³/mol. The molecule has 1 N–H and O–H groups in total. The van der Waals surface area contributed by atoms with Crippen LogP contribution in [0.1, 0.15) is 4.88 Å². The first-order valence-corrected chi connectivity index (χ1v) is 8.37. The van der Waals surface area contributed by atoms with E-state index in [1.54, 1.807) is 6.07 Å². The molecule has 106 valence electrons. The molecule has 0 aliphatic carbocycles. The van der Waals surface area contributed by atoms with Crippen LogP contribution < -0.4 is 4.72 Å². The molecule has 0 fully saturated rings. The molecule has 10 heteroatoms. The number of hydrogen-bond donors (Lipinski definition) is 1. The maximum atomic E-state index is 12.0. The van der Waals surface area contributed by atoms with Crippen molar-refractivity contribution in [3.8, 4) is 0 Å². The van der Waals surface area contributed by atoms with E-state index in [4.69, 9.17) is 0 Å². The summed E-state index contributed by atoms with van der Waals surface area (Å²) < 4.78 is 27.2. The first-order chi connectivity index (χ1) is 9.38. The third kappa shape index (κ3) is 3.60. The molecule has 2 heterocycles. The van der Waals surface area contributed by atoms with Crippen molar-refractivity contribution in [2.45, 2.75) is 11.4 Å². The van der Waals surface area contributed by atoms with Crippen LogP contribution in [-0.2, 0) is 16.6 Å². The summed E-state index contributed by atoms with van der Waals surface area (Å²) in [5, 5.41) is 12.3. The van der Waals surface area contributed by atoms with Gasteiger partial charge in [-0.15, -0.1) is 11.3 Å². The van der Waals surface area contributed by atoms with Gasteiger partial charge in [-0.3, -0.25) is 0 Å². The highest BCUT2D eigenvalue weighted by atomic mass is 79.9. The van der Waals surface area contributed by atoms with Gasteiger partial charge in [0, 0.05) is 27.3 Å². The number of hydrogen-bond acceptors (Lipinski definition) is 6. The fourth-order valence-electron chi connectivity index (χ4n) is 1.34. The van der Waals surface area contributed by atoms with E-state index in [0.717, 1.165) is 27.7 Å². The van der Waals surface area contributed by atoms with Crippen molar-refractivity contribution in [3.05, 3.63) is 49.2 Å². The zero-order valence-electron chi connectivity index (χ0n) is 9.82. The van der Waals surface area contributed by atoms with E-state index in [1.807, 2.05) is 5.38 Å². The molecular formula is C10H8BrN3O4S2. The van der Waals surface area contributed by atoms with Crippen LogP contribution in [-0.4, -0.2) is 18.3 Å². The Kier molecular flexibility index (Phi) is 4.48. The second kappa shape index (κ2) is 5.95. The number of halogens is 1. The minimum Gasteiger partial charge on any atom is -0.358 e. The number of sulfonamides is 1. The summed E-state index contributed by atoms with van der Waals surface area (Å²) in [4.78, 5) is 14.0. The highest BCUT2D eigenvalue weighted by Crippen LogP contribution is 2.20. The Morgan fingerprint density at radius 1 is 1.45 bits per heavy atom. The van der Waals surface area contributed by atoms with Gasteiger partial charge >= 0.3 is 5.82 Å². The third-order valence-corrected chi connectivity index (χ3v) is 5.36. The molecule has 0 bridgehead atoms. The van der Waals surface area contributed by atoms with Crippen LogP contribution in [0.3, 0.4) is 0 Å². The van der Waals surface area contributed by atoms with Crippen LogP contribution in [0.2, 0.25) is 0 Å². The highest BCUT2D eigenvalue weighted by molar-refractivity contribution is 9.10. The van der Waals surface area contributed by atoms with E-state index in [9.17, 15) is 18.5 Å². The SMILES string of the molecule is O=[N+]([O-])c1ccc(S(=O)(=O)NCc2cc(Br)cs2)cn1. The Hall–Kier alpha value is -1.36. The molecular weight excluding hydrogens is 370 g/mol. The van der Waals surface area contributed by atoms with E-state index in [0.29, 0.717) is 0 Å². The van der Waals surface area contributed by atoms with Crippen molar-refractivity contribution in [3.63, 3.8) is 0 Å². The zero-order valence-corrected chi connectivity index (χ0v) is 13.0. The summed E-state index contributed by atoms with van der Waals surface area (Å²) in [5.41, 5.74) is 0. The maximum Gasteiger partial charge on any atom is 0.363 e. The molecule has 2 aromatic heterocycles. The molecule has 0 radical (unpaired) electrons. The fraction of sp³-hybridized carbons (Fsp3) is 0.100. The summed E-state index contributed by atoms with van der Waals surface area (Å²) in [6.07, 6.45) is 0.963. The van der Waals surface area contributed by atoms with Crippen LogP contribution in [0.5, 0.6) is 0 Å². The Balaban J connectivity index is 2.11. The molecule has 7 nitrogen and oxygen atoms in total. The van der Waals surface area contributed by atoms with Gasteiger partial charge in [0.05, 0.1) is 0 Å². The molecule has 2 aromatic rings. The van der Waals surface area contributed by atoms with Gasteiger partial charge < -0.3 is 10.1 Å². The van der Waals surface area contributed by atoms with Gasteiger partial charge in [0.25, 0.3) is 0 Å². The predicted octanol–water partition coefficient (Wildman–Crippen LogP) is 2.29. The largest absolute Gasteiger partial charge is 0.363 e. The van der Waals surface area contributed by atoms with E-state index in [-0.39, 0.29) is 11.4 Å². The van der Waals surface area contributed by atoms with Gasteiger partial charge in [-0.2, -0.15) is 0 Å². The molecule has 0 saturated carbocycles. The van der Waals surface area contributed by atoms with Gasteiger partial charge in [0.2, 0.25) is 10.0 Å². The Morgan fingerprint density at radius 3 is 2.70 bits per heavy atom. The first-order valence-electron chi connectivity index (χ1n) is 5.21. The Morgan fingerprint density at radius 2 is 2.20 bits per heavy atom. The normalized spacial score (nSPS) is 11.4. The van der Waals surface area contributed by atoms with Gasteiger partial charge in [-0.05, 0) is 38.0 Å². The maximum absolute atomic E-state index is 12.0. The first kappa shape index (κ1) is 15.0. The average Bonchev–Trinajstić information content (AvgIpc) is 2.82. The Labute approximate surface area is 127 Å². The topological polar surface area (TPSA) is 102 Å². The lowest BCUT2D eigenvalue weighted by molar-refractivity contribution is -0.389. The van der Waals surface area contributed by atoms with E-state index in [1.165, 1.54) is 11.3 Å². The molecule has 0 unspecified atom stereocenters. The average molecular weight is 378 g/mol. The van der Waals surface area contributed by atoms with Gasteiger partial charge in [0.15, 0.2) is 6.20 Å². The quantitative estimate of drug-likeness (QED) is 0.635. The van der Waals surface area contributed by atoms with Gasteiger partial charge in [0.1, 0.15) is 4.90 Å². The van der Waals surface area contributed by atoms with Crippen LogP contribution in [0, 0.1) is 10.1 Å². The lowest BCUT2D eigenvalue weighted by Gasteiger charge is -2.03. The summed E-state index contributed by atoms with van der Waals surface area (Å²) in [6, 6.07) is 4.01. The molecule has 0 spiro atoms. The minimum atomic E-state index is -3.74. The number of thiophene rings is 1. The zero-order chi connectivity index (χ0) is 14.8. The van der Waals surface area contributed by atoms with Crippen molar-refractivity contribution in [2.24, 2.45) is 0 Å². The molecule has 20 heavy (non-hydrogen) atoms. The molecule has 2 rings (SSSR count). The second-order valence-corrected chi connectivity index (χ2v) is 7.34. The van der Waals surface area contributed by atoms with Gasteiger partial charge in [-0.25, -0.2) is 13.1 Å². The summed E-state index contributed by atoms with van der Waals surface area (Å²) >= 11 is 4.69. The number of nitro groups is 1. The Bertz CT molecular complexity index is 727. The van der Waals surface area contributed by atoms with Crippen LogP contribution in [0.4, 0.5) is 5.82 Å². The van der Waals surface area contributed by atoms with Crippen molar-refractivity contribution in [1.29, 1.82) is 0 Å². The smallest absolute Gasteiger partial charge is 0.358 e. The number of nitrogens with zero attached hydrogens (tertiary/aromatic N) is 2. The van der Waals surface area contributed by atoms with Crippen molar-refractivity contribution in [2.75, 3.05) is 0 Å². The number of rotatable bonds is 5. The van der Waals surface area contributed by atoms with E-state index < -0.39 is 20.8 Å². The van der Waals surface area contributed by atoms with Crippen molar-refractivity contribution in [1.82, 2.24) is 9.71 Å². The summed E-state index contributed by atoms with van der Waals surface area (Å²) in [5.74, 6) is -0.397. The summed E-state index contributed by atoms with van der Waals surface area (Å²) in [7, 11) is -3.74.